The van der Waals surface area contributed by atoms with E-state index in [1.807, 2.05) is 24.3 Å². The van der Waals surface area contributed by atoms with Gasteiger partial charge >= 0.3 is 0 Å². The summed E-state index contributed by atoms with van der Waals surface area (Å²) >= 11 is 0. The van der Waals surface area contributed by atoms with Crippen LogP contribution in [0.1, 0.15) is 5.56 Å². The maximum atomic E-state index is 13.6. The highest BCUT2D eigenvalue weighted by atomic mass is 19.1. The molecule has 3 aromatic rings. The first kappa shape index (κ1) is 12.4. The summed E-state index contributed by atoms with van der Waals surface area (Å²) in [6, 6.07) is 12.3. The molecule has 1 aromatic heterocycles. The number of hydrogen-bond acceptors (Lipinski definition) is 3. The largest absolute Gasteiger partial charge is 0.398 e. The van der Waals surface area contributed by atoms with E-state index in [-0.39, 0.29) is 5.82 Å². The van der Waals surface area contributed by atoms with Crippen LogP contribution in [-0.4, -0.2) is 4.98 Å². The van der Waals surface area contributed by atoms with Gasteiger partial charge in [-0.25, -0.2) is 4.39 Å². The number of rotatable bonds is 3. The van der Waals surface area contributed by atoms with Crippen LogP contribution in [0.4, 0.5) is 15.8 Å². The molecule has 0 amide bonds. The second-order valence-electron chi connectivity index (χ2n) is 4.57. The molecule has 0 aliphatic heterocycles. The van der Waals surface area contributed by atoms with Crippen molar-refractivity contribution in [3.63, 3.8) is 0 Å². The van der Waals surface area contributed by atoms with Crippen LogP contribution in [0.2, 0.25) is 0 Å². The number of halogens is 1. The number of nitrogens with zero attached hydrogens (tertiary/aromatic N) is 1. The average molecular weight is 267 g/mol. The Morgan fingerprint density at radius 1 is 1.05 bits per heavy atom. The van der Waals surface area contributed by atoms with Gasteiger partial charge in [-0.15, -0.1) is 0 Å². The summed E-state index contributed by atoms with van der Waals surface area (Å²) in [6.45, 7) is 0.417. The van der Waals surface area contributed by atoms with E-state index < -0.39 is 0 Å². The van der Waals surface area contributed by atoms with Gasteiger partial charge in [0.05, 0.1) is 0 Å². The molecule has 3 nitrogen and oxygen atoms in total. The van der Waals surface area contributed by atoms with Gasteiger partial charge in [-0.1, -0.05) is 18.2 Å². The maximum Gasteiger partial charge on any atom is 0.128 e. The van der Waals surface area contributed by atoms with Gasteiger partial charge in [0.1, 0.15) is 5.82 Å². The van der Waals surface area contributed by atoms with Crippen molar-refractivity contribution in [1.82, 2.24) is 4.98 Å². The number of aromatic nitrogens is 1. The first-order valence-electron chi connectivity index (χ1n) is 6.35. The van der Waals surface area contributed by atoms with Crippen molar-refractivity contribution in [3.8, 4) is 0 Å². The minimum Gasteiger partial charge on any atom is -0.398 e. The van der Waals surface area contributed by atoms with Gasteiger partial charge in [-0.2, -0.15) is 0 Å². The highest BCUT2D eigenvalue weighted by Crippen LogP contribution is 2.27. The summed E-state index contributed by atoms with van der Waals surface area (Å²) < 4.78 is 13.6. The molecule has 3 N–H and O–H groups in total. The zero-order valence-corrected chi connectivity index (χ0v) is 10.8. The summed E-state index contributed by atoms with van der Waals surface area (Å²) in [7, 11) is 0. The molecule has 2 aromatic carbocycles. The highest BCUT2D eigenvalue weighted by Gasteiger charge is 2.05. The maximum absolute atomic E-state index is 13.6. The number of nitrogen functional groups attached to an aromatic ring is 1. The first-order chi connectivity index (χ1) is 9.75. The molecule has 0 aliphatic carbocycles. The van der Waals surface area contributed by atoms with Gasteiger partial charge in [0, 0.05) is 46.6 Å². The molecule has 3 rings (SSSR count). The monoisotopic (exact) mass is 267 g/mol. The summed E-state index contributed by atoms with van der Waals surface area (Å²) in [4.78, 5) is 4.12. The van der Waals surface area contributed by atoms with Crippen molar-refractivity contribution >= 4 is 22.1 Å². The van der Waals surface area contributed by atoms with Gasteiger partial charge in [-0.3, -0.25) is 4.98 Å². The molecule has 0 atom stereocenters. The standard InChI is InChI=1S/C16H14FN3/c17-14-4-2-1-3-11(14)9-20-16-6-5-15(18)12-7-8-19-10-13(12)16/h1-8,10,20H,9,18H2. The number of pyridine rings is 1. The zero-order chi connectivity index (χ0) is 13.9. The second-order valence-corrected chi connectivity index (χ2v) is 4.57. The van der Waals surface area contributed by atoms with Crippen LogP contribution in [0.3, 0.4) is 0 Å². The SMILES string of the molecule is Nc1ccc(NCc2ccccc2F)c2cnccc12. The van der Waals surface area contributed by atoms with E-state index in [0.717, 1.165) is 16.5 Å². The predicted octanol–water partition coefficient (Wildman–Crippen LogP) is 3.57. The van der Waals surface area contributed by atoms with Gasteiger partial charge in [0.2, 0.25) is 0 Å². The van der Waals surface area contributed by atoms with E-state index >= 15 is 0 Å². The Hall–Kier alpha value is -2.62. The van der Waals surface area contributed by atoms with E-state index in [2.05, 4.69) is 10.3 Å². The molecule has 0 radical (unpaired) electrons. The highest BCUT2D eigenvalue weighted by molar-refractivity contribution is 6.00. The van der Waals surface area contributed by atoms with E-state index in [9.17, 15) is 4.39 Å². The molecule has 4 heteroatoms. The number of hydrogen-bond donors (Lipinski definition) is 2. The van der Waals surface area contributed by atoms with Crippen molar-refractivity contribution in [2.45, 2.75) is 6.54 Å². The fourth-order valence-electron chi connectivity index (χ4n) is 2.20. The lowest BCUT2D eigenvalue weighted by Gasteiger charge is -2.11. The zero-order valence-electron chi connectivity index (χ0n) is 10.8. The molecule has 1 heterocycles. The minimum atomic E-state index is -0.210. The van der Waals surface area contributed by atoms with E-state index in [1.54, 1.807) is 24.5 Å². The van der Waals surface area contributed by atoms with Gasteiger partial charge < -0.3 is 11.1 Å². The molecule has 0 spiro atoms. The summed E-state index contributed by atoms with van der Waals surface area (Å²) in [5.41, 5.74) is 8.17. The lowest BCUT2D eigenvalue weighted by atomic mass is 10.1. The Balaban J connectivity index is 1.92. The molecule has 0 bridgehead atoms. The van der Waals surface area contributed by atoms with Crippen LogP contribution in [0.25, 0.3) is 10.8 Å². The topological polar surface area (TPSA) is 50.9 Å². The third-order valence-corrected chi connectivity index (χ3v) is 3.28. The minimum absolute atomic E-state index is 0.210. The van der Waals surface area contributed by atoms with E-state index in [0.29, 0.717) is 17.8 Å². The van der Waals surface area contributed by atoms with E-state index in [4.69, 9.17) is 5.73 Å². The molecule has 0 fully saturated rings. The Morgan fingerprint density at radius 3 is 2.75 bits per heavy atom. The third kappa shape index (κ3) is 2.28. The number of benzene rings is 2. The third-order valence-electron chi connectivity index (χ3n) is 3.28. The van der Waals surface area contributed by atoms with Crippen LogP contribution < -0.4 is 11.1 Å². The summed E-state index contributed by atoms with van der Waals surface area (Å²) in [5, 5.41) is 5.11. The van der Waals surface area contributed by atoms with Gasteiger partial charge in [0.25, 0.3) is 0 Å². The molecular formula is C16H14FN3. The Bertz CT molecular complexity index is 756. The van der Waals surface area contributed by atoms with Crippen LogP contribution in [-0.2, 0) is 6.54 Å². The van der Waals surface area contributed by atoms with Crippen LogP contribution in [0, 0.1) is 5.82 Å². The molecule has 0 saturated heterocycles. The molecule has 0 saturated carbocycles. The predicted molar refractivity (Wildman–Crippen MR) is 79.9 cm³/mol. The Kier molecular flexibility index (Phi) is 3.21. The smallest absolute Gasteiger partial charge is 0.128 e. The van der Waals surface area contributed by atoms with E-state index in [1.165, 1.54) is 6.07 Å². The normalized spacial score (nSPS) is 10.7. The number of nitrogens with two attached hydrogens (primary N) is 1. The second kappa shape index (κ2) is 5.17. The van der Waals surface area contributed by atoms with Crippen molar-refractivity contribution in [2.75, 3.05) is 11.1 Å². The van der Waals surface area contributed by atoms with Crippen molar-refractivity contribution in [1.29, 1.82) is 0 Å². The lowest BCUT2D eigenvalue weighted by molar-refractivity contribution is 0.613. The molecular weight excluding hydrogens is 253 g/mol. The summed E-state index contributed by atoms with van der Waals surface area (Å²) in [6.07, 6.45) is 3.47. The van der Waals surface area contributed by atoms with Crippen molar-refractivity contribution in [3.05, 3.63) is 66.2 Å². The molecule has 0 aliphatic rings. The summed E-state index contributed by atoms with van der Waals surface area (Å²) in [5.74, 6) is -0.210. The fraction of sp³-hybridized carbons (Fsp3) is 0.0625. The number of nitrogens with one attached hydrogen (secondary N) is 1. The number of anilines is 2. The van der Waals surface area contributed by atoms with Crippen LogP contribution in [0.15, 0.2) is 54.9 Å². The fourth-order valence-corrected chi connectivity index (χ4v) is 2.20. The van der Waals surface area contributed by atoms with Crippen LogP contribution in [0.5, 0.6) is 0 Å². The molecule has 100 valence electrons. The van der Waals surface area contributed by atoms with Gasteiger partial charge in [0.15, 0.2) is 0 Å². The van der Waals surface area contributed by atoms with Crippen molar-refractivity contribution in [2.24, 2.45) is 0 Å². The Labute approximate surface area is 116 Å². The van der Waals surface area contributed by atoms with Crippen molar-refractivity contribution < 1.29 is 4.39 Å². The number of fused-ring (bicyclic) bond motifs is 1. The van der Waals surface area contributed by atoms with Crippen LogP contribution >= 0.6 is 0 Å². The Morgan fingerprint density at radius 2 is 1.90 bits per heavy atom. The first-order valence-corrected chi connectivity index (χ1v) is 6.35. The lowest BCUT2D eigenvalue weighted by Crippen LogP contribution is -2.02. The molecule has 20 heavy (non-hydrogen) atoms. The van der Waals surface area contributed by atoms with Gasteiger partial charge in [-0.05, 0) is 24.3 Å². The average Bonchev–Trinajstić information content (AvgIpc) is 2.48. The molecule has 0 unspecified atom stereocenters. The quantitative estimate of drug-likeness (QED) is 0.713.